The van der Waals surface area contributed by atoms with Gasteiger partial charge in [0.1, 0.15) is 0 Å². The fourth-order valence-electron chi connectivity index (χ4n) is 2.14. The molecule has 0 aliphatic carbocycles. The molecular weight excluding hydrogens is 385 g/mol. The van der Waals surface area contributed by atoms with E-state index in [1.807, 2.05) is 4.72 Å². The Labute approximate surface area is 145 Å². The van der Waals surface area contributed by atoms with Crippen molar-refractivity contribution in [2.24, 2.45) is 0 Å². The number of aryl methyl sites for hydroxylation is 1. The van der Waals surface area contributed by atoms with Crippen LogP contribution in [0.15, 0.2) is 41.3 Å². The third-order valence-electron chi connectivity index (χ3n) is 3.18. The van der Waals surface area contributed by atoms with Gasteiger partial charge in [0.05, 0.1) is 15.5 Å². The first-order valence-corrected chi connectivity index (χ1v) is 8.43. The number of nitrogens with one attached hydrogen (secondary N) is 1. The van der Waals surface area contributed by atoms with Crippen LogP contribution in [0.5, 0.6) is 0 Å². The fourth-order valence-corrected chi connectivity index (χ4v) is 3.82. The minimum absolute atomic E-state index is 0.0757. The zero-order valence-electron chi connectivity index (χ0n) is 12.5. The summed E-state index contributed by atoms with van der Waals surface area (Å²) < 4.78 is 65.5. The molecule has 6 nitrogen and oxygen atoms in total. The highest BCUT2D eigenvalue weighted by atomic mass is 35.5. The van der Waals surface area contributed by atoms with Gasteiger partial charge in [-0.05, 0) is 30.7 Å². The topological polar surface area (TPSA) is 89.3 Å². The maximum atomic E-state index is 12.9. The van der Waals surface area contributed by atoms with Crippen LogP contribution < -0.4 is 4.72 Å². The van der Waals surface area contributed by atoms with E-state index in [4.69, 9.17) is 11.6 Å². The van der Waals surface area contributed by atoms with E-state index < -0.39 is 48.0 Å². The third-order valence-corrected chi connectivity index (χ3v) is 5.08. The monoisotopic (exact) mass is 394 g/mol. The highest BCUT2D eigenvalue weighted by molar-refractivity contribution is 7.93. The van der Waals surface area contributed by atoms with Gasteiger partial charge < -0.3 is 0 Å². The van der Waals surface area contributed by atoms with Crippen LogP contribution in [0.4, 0.5) is 24.5 Å². The van der Waals surface area contributed by atoms with Gasteiger partial charge in [0, 0.05) is 11.8 Å². The maximum absolute atomic E-state index is 12.9. The van der Waals surface area contributed by atoms with Gasteiger partial charge in [-0.15, -0.1) is 0 Å². The lowest BCUT2D eigenvalue weighted by molar-refractivity contribution is -0.387. The lowest BCUT2D eigenvalue weighted by atomic mass is 10.2. The number of nitro groups is 1. The van der Waals surface area contributed by atoms with Crippen LogP contribution in [0.1, 0.15) is 11.1 Å². The number of nitro benzene ring substituents is 1. The van der Waals surface area contributed by atoms with Crippen LogP contribution in [-0.2, 0) is 16.2 Å². The average molecular weight is 395 g/mol. The summed E-state index contributed by atoms with van der Waals surface area (Å²) in [6, 6.07) is 6.06. The molecule has 2 aromatic carbocycles. The van der Waals surface area contributed by atoms with Crippen LogP contribution in [0.2, 0.25) is 5.02 Å². The van der Waals surface area contributed by atoms with Gasteiger partial charge in [0.25, 0.3) is 15.7 Å². The van der Waals surface area contributed by atoms with E-state index in [1.54, 1.807) is 0 Å². The van der Waals surface area contributed by atoms with E-state index in [9.17, 15) is 31.7 Å². The Morgan fingerprint density at radius 2 is 1.84 bits per heavy atom. The minimum Gasteiger partial charge on any atom is -0.279 e. The number of hydrogen-bond donors (Lipinski definition) is 1. The van der Waals surface area contributed by atoms with E-state index in [0.29, 0.717) is 6.07 Å². The van der Waals surface area contributed by atoms with E-state index >= 15 is 0 Å². The van der Waals surface area contributed by atoms with Crippen molar-refractivity contribution in [2.45, 2.75) is 18.0 Å². The molecule has 0 atom stereocenters. The molecule has 1 N–H and O–H groups in total. The second-order valence-electron chi connectivity index (χ2n) is 4.98. The Bertz CT molecular complexity index is 946. The molecule has 0 unspecified atom stereocenters. The van der Waals surface area contributed by atoms with E-state index in [2.05, 4.69) is 0 Å². The minimum atomic E-state index is -4.78. The Morgan fingerprint density at radius 3 is 2.40 bits per heavy atom. The van der Waals surface area contributed by atoms with Crippen LogP contribution >= 0.6 is 11.6 Å². The standard InChI is InChI=1S/C14H10ClF3N2O4S/c1-8-3-2-4-12(20(21)22)13(8)25(23,24)19-9-5-6-11(15)10(7-9)14(16,17)18/h2-7,19H,1H3. The normalized spacial score (nSPS) is 12.0. The molecule has 2 aromatic rings. The van der Waals surface area contributed by atoms with Crippen molar-refractivity contribution in [3.8, 4) is 0 Å². The number of anilines is 1. The Hall–Kier alpha value is -2.33. The number of benzene rings is 2. The molecule has 0 saturated heterocycles. The maximum Gasteiger partial charge on any atom is 0.417 e. The summed E-state index contributed by atoms with van der Waals surface area (Å²) in [4.78, 5) is 9.54. The molecule has 11 heteroatoms. The summed E-state index contributed by atoms with van der Waals surface area (Å²) in [5, 5.41) is 10.5. The molecule has 0 aliphatic heterocycles. The smallest absolute Gasteiger partial charge is 0.279 e. The van der Waals surface area contributed by atoms with Crippen molar-refractivity contribution in [1.82, 2.24) is 0 Å². The summed E-state index contributed by atoms with van der Waals surface area (Å²) in [5.41, 5.74) is -2.26. The van der Waals surface area contributed by atoms with Crippen molar-refractivity contribution in [3.63, 3.8) is 0 Å². The number of halogens is 4. The van der Waals surface area contributed by atoms with E-state index in [0.717, 1.165) is 18.2 Å². The largest absolute Gasteiger partial charge is 0.417 e. The fraction of sp³-hybridized carbons (Fsp3) is 0.143. The van der Waals surface area contributed by atoms with Gasteiger partial charge >= 0.3 is 6.18 Å². The molecule has 0 aromatic heterocycles. The molecule has 0 heterocycles. The molecule has 0 spiro atoms. The lowest BCUT2D eigenvalue weighted by Crippen LogP contribution is -2.17. The summed E-state index contributed by atoms with van der Waals surface area (Å²) >= 11 is 5.47. The van der Waals surface area contributed by atoms with Gasteiger partial charge in [-0.1, -0.05) is 23.7 Å². The number of hydrogen-bond acceptors (Lipinski definition) is 4. The van der Waals surface area contributed by atoms with Crippen LogP contribution in [0.25, 0.3) is 0 Å². The van der Waals surface area contributed by atoms with Crippen molar-refractivity contribution in [1.29, 1.82) is 0 Å². The van der Waals surface area contributed by atoms with Gasteiger partial charge in [-0.2, -0.15) is 13.2 Å². The van der Waals surface area contributed by atoms with E-state index in [1.165, 1.54) is 19.1 Å². The highest BCUT2D eigenvalue weighted by Crippen LogP contribution is 2.37. The first-order chi connectivity index (χ1) is 11.4. The predicted molar refractivity (Wildman–Crippen MR) is 85.1 cm³/mol. The SMILES string of the molecule is Cc1cccc([N+](=O)[O-])c1S(=O)(=O)Nc1ccc(Cl)c(C(F)(F)F)c1. The summed E-state index contributed by atoms with van der Waals surface area (Å²) in [6.45, 7) is 1.34. The average Bonchev–Trinajstić information content (AvgIpc) is 2.47. The van der Waals surface area contributed by atoms with Crippen molar-refractivity contribution in [3.05, 3.63) is 62.7 Å². The summed E-state index contributed by atoms with van der Waals surface area (Å²) in [7, 11) is -4.50. The molecule has 25 heavy (non-hydrogen) atoms. The Balaban J connectivity index is 2.53. The number of alkyl halides is 3. The van der Waals surface area contributed by atoms with E-state index in [-0.39, 0.29) is 5.56 Å². The molecule has 0 aliphatic rings. The zero-order valence-corrected chi connectivity index (χ0v) is 14.0. The van der Waals surface area contributed by atoms with Crippen molar-refractivity contribution < 1.29 is 26.5 Å². The van der Waals surface area contributed by atoms with Crippen LogP contribution in [0, 0.1) is 17.0 Å². The molecule has 134 valence electrons. The van der Waals surface area contributed by atoms with Gasteiger partial charge in [0.2, 0.25) is 0 Å². The first-order valence-electron chi connectivity index (χ1n) is 6.57. The zero-order chi connectivity index (χ0) is 19.0. The molecule has 0 bridgehead atoms. The Morgan fingerprint density at radius 1 is 1.20 bits per heavy atom. The molecule has 0 radical (unpaired) electrons. The molecule has 0 fully saturated rings. The predicted octanol–water partition coefficient (Wildman–Crippen LogP) is 4.38. The van der Waals surface area contributed by atoms with Crippen molar-refractivity contribution in [2.75, 3.05) is 4.72 Å². The molecule has 0 amide bonds. The lowest BCUT2D eigenvalue weighted by Gasteiger charge is -2.13. The van der Waals surface area contributed by atoms with Crippen molar-refractivity contribution >= 4 is 33.0 Å². The third kappa shape index (κ3) is 4.02. The quantitative estimate of drug-likeness (QED) is 0.615. The second-order valence-corrected chi connectivity index (χ2v) is 7.00. The number of nitrogens with zero attached hydrogens (tertiary/aromatic N) is 1. The second kappa shape index (κ2) is 6.52. The number of sulfonamides is 1. The van der Waals surface area contributed by atoms with Gasteiger partial charge in [-0.25, -0.2) is 8.42 Å². The molecule has 2 rings (SSSR count). The van der Waals surface area contributed by atoms with Gasteiger partial charge in [-0.3, -0.25) is 14.8 Å². The number of rotatable bonds is 4. The highest BCUT2D eigenvalue weighted by Gasteiger charge is 2.34. The van der Waals surface area contributed by atoms with Gasteiger partial charge in [0.15, 0.2) is 4.90 Å². The molecule has 0 saturated carbocycles. The van der Waals surface area contributed by atoms with Crippen LogP contribution in [-0.4, -0.2) is 13.3 Å². The van der Waals surface area contributed by atoms with Crippen LogP contribution in [0.3, 0.4) is 0 Å². The summed E-state index contributed by atoms with van der Waals surface area (Å²) in [5.74, 6) is 0. The Kier molecular flexibility index (Phi) is 4.96. The molecular formula is C14H10ClF3N2O4S. The first kappa shape index (κ1) is 19.0. The summed E-state index contributed by atoms with van der Waals surface area (Å²) in [6.07, 6.45) is -4.78.